The second-order valence-corrected chi connectivity index (χ2v) is 5.71. The average molecular weight is 298 g/mol. The molecule has 0 aliphatic carbocycles. The van der Waals surface area contributed by atoms with E-state index in [1.807, 2.05) is 11.8 Å². The van der Waals surface area contributed by atoms with Crippen molar-refractivity contribution in [1.29, 1.82) is 0 Å². The molecule has 2 aromatic rings. The van der Waals surface area contributed by atoms with Crippen LogP contribution in [-0.4, -0.2) is 28.3 Å². The molecule has 0 saturated carbocycles. The Balaban J connectivity index is 1.87. The van der Waals surface area contributed by atoms with Gasteiger partial charge in [0.15, 0.2) is 0 Å². The summed E-state index contributed by atoms with van der Waals surface area (Å²) in [5.74, 6) is 2.81. The van der Waals surface area contributed by atoms with Crippen molar-refractivity contribution >= 4 is 29.1 Å². The van der Waals surface area contributed by atoms with E-state index in [9.17, 15) is 0 Å². The van der Waals surface area contributed by atoms with E-state index in [0.717, 1.165) is 11.5 Å². The van der Waals surface area contributed by atoms with E-state index in [2.05, 4.69) is 10.1 Å². The largest absolute Gasteiger partial charge is 0.398 e. The number of nitrogens with two attached hydrogens (primary N) is 1. The van der Waals surface area contributed by atoms with Gasteiger partial charge in [-0.15, -0.1) is 0 Å². The summed E-state index contributed by atoms with van der Waals surface area (Å²) >= 11 is 7.68. The van der Waals surface area contributed by atoms with E-state index in [4.69, 9.17) is 26.6 Å². The summed E-state index contributed by atoms with van der Waals surface area (Å²) in [4.78, 5) is 4.36. The number of nitrogens with zero attached hydrogens (tertiary/aromatic N) is 2. The van der Waals surface area contributed by atoms with Gasteiger partial charge in [-0.25, -0.2) is 0 Å². The molecule has 0 bridgehead atoms. The van der Waals surface area contributed by atoms with E-state index in [1.165, 1.54) is 0 Å². The third-order valence-electron chi connectivity index (χ3n) is 2.79. The molecule has 3 rings (SSSR count). The van der Waals surface area contributed by atoms with Crippen LogP contribution in [0.2, 0.25) is 5.02 Å². The second-order valence-electron chi connectivity index (χ2n) is 4.12. The predicted octanol–water partition coefficient (Wildman–Crippen LogP) is 2.78. The molecule has 1 atom stereocenters. The molecule has 1 aliphatic heterocycles. The molecule has 7 heteroatoms. The Morgan fingerprint density at radius 1 is 1.42 bits per heavy atom. The maximum atomic E-state index is 5.89. The normalized spacial score (nSPS) is 19.5. The van der Waals surface area contributed by atoms with E-state index >= 15 is 0 Å². The number of anilines is 1. The summed E-state index contributed by atoms with van der Waals surface area (Å²) in [6, 6.07) is 5.17. The van der Waals surface area contributed by atoms with Gasteiger partial charge >= 0.3 is 0 Å². The number of nitrogen functional groups attached to an aromatic ring is 1. The monoisotopic (exact) mass is 297 g/mol. The van der Waals surface area contributed by atoms with Crippen molar-refractivity contribution < 1.29 is 9.26 Å². The van der Waals surface area contributed by atoms with Crippen molar-refractivity contribution in [3.05, 3.63) is 29.0 Å². The molecule has 1 unspecified atom stereocenters. The summed E-state index contributed by atoms with van der Waals surface area (Å²) in [7, 11) is 0. The van der Waals surface area contributed by atoms with Crippen molar-refractivity contribution in [2.75, 3.05) is 23.8 Å². The topological polar surface area (TPSA) is 74.2 Å². The lowest BCUT2D eigenvalue weighted by Crippen LogP contribution is -2.16. The Kier molecular flexibility index (Phi) is 3.63. The van der Waals surface area contributed by atoms with Crippen LogP contribution in [0.5, 0.6) is 0 Å². The van der Waals surface area contributed by atoms with Gasteiger partial charge in [0.2, 0.25) is 5.82 Å². The number of halogens is 1. The Hall–Kier alpha value is -1.24. The number of hydrogen-bond acceptors (Lipinski definition) is 6. The van der Waals surface area contributed by atoms with Crippen LogP contribution in [0.15, 0.2) is 22.7 Å². The van der Waals surface area contributed by atoms with E-state index in [0.29, 0.717) is 34.6 Å². The number of ether oxygens (including phenoxy) is 1. The minimum Gasteiger partial charge on any atom is -0.398 e. The molecule has 1 aromatic heterocycles. The molecular formula is C12H12ClN3O2S. The zero-order valence-corrected chi connectivity index (χ0v) is 11.6. The number of aromatic nitrogens is 2. The van der Waals surface area contributed by atoms with Gasteiger partial charge in [-0.3, -0.25) is 0 Å². The van der Waals surface area contributed by atoms with Gasteiger partial charge in [0.1, 0.15) is 6.10 Å². The van der Waals surface area contributed by atoms with Crippen LogP contribution >= 0.6 is 23.4 Å². The Morgan fingerprint density at radius 2 is 2.32 bits per heavy atom. The lowest BCUT2D eigenvalue weighted by Gasteiger charge is -2.18. The highest BCUT2D eigenvalue weighted by Gasteiger charge is 2.23. The molecule has 19 heavy (non-hydrogen) atoms. The first-order chi connectivity index (χ1) is 9.24. The van der Waals surface area contributed by atoms with Crippen molar-refractivity contribution in [3.63, 3.8) is 0 Å². The summed E-state index contributed by atoms with van der Waals surface area (Å²) in [5.41, 5.74) is 7.10. The fourth-order valence-electron chi connectivity index (χ4n) is 1.84. The molecule has 2 heterocycles. The molecule has 0 spiro atoms. The molecule has 100 valence electrons. The zero-order valence-electron chi connectivity index (χ0n) is 10.0. The van der Waals surface area contributed by atoms with Crippen molar-refractivity contribution in [1.82, 2.24) is 10.1 Å². The van der Waals surface area contributed by atoms with Gasteiger partial charge in [0.25, 0.3) is 5.89 Å². The molecule has 1 fully saturated rings. The molecule has 1 saturated heterocycles. The number of thioether (sulfide) groups is 1. The quantitative estimate of drug-likeness (QED) is 0.859. The number of hydrogen-bond donors (Lipinski definition) is 1. The van der Waals surface area contributed by atoms with E-state index < -0.39 is 0 Å². The average Bonchev–Trinajstić information content (AvgIpc) is 2.89. The molecule has 1 aliphatic rings. The van der Waals surface area contributed by atoms with Crippen LogP contribution in [0.1, 0.15) is 11.9 Å². The fraction of sp³-hybridized carbons (Fsp3) is 0.333. The Morgan fingerprint density at radius 3 is 3.05 bits per heavy atom. The van der Waals surface area contributed by atoms with Crippen LogP contribution in [0.4, 0.5) is 5.69 Å². The Labute approximate surface area is 119 Å². The molecule has 5 nitrogen and oxygen atoms in total. The zero-order chi connectivity index (χ0) is 13.2. The third kappa shape index (κ3) is 2.70. The number of rotatable bonds is 2. The molecule has 2 N–H and O–H groups in total. The van der Waals surface area contributed by atoms with Gasteiger partial charge in [-0.2, -0.15) is 16.7 Å². The van der Waals surface area contributed by atoms with Gasteiger partial charge in [-0.1, -0.05) is 16.8 Å². The van der Waals surface area contributed by atoms with Crippen molar-refractivity contribution in [2.45, 2.75) is 6.10 Å². The van der Waals surface area contributed by atoms with Crippen molar-refractivity contribution in [3.8, 4) is 11.5 Å². The second kappa shape index (κ2) is 5.40. The fourth-order valence-corrected chi connectivity index (χ4v) is 2.86. The maximum Gasteiger partial charge on any atom is 0.260 e. The minimum absolute atomic E-state index is 0.107. The van der Waals surface area contributed by atoms with E-state index in [-0.39, 0.29) is 6.10 Å². The first-order valence-electron chi connectivity index (χ1n) is 5.82. The third-order valence-corrected chi connectivity index (χ3v) is 4.02. The summed E-state index contributed by atoms with van der Waals surface area (Å²) in [6.07, 6.45) is -0.107. The standard InChI is InChI=1S/C12H12ClN3O2S/c13-7-1-2-8(9(14)5-7)12-15-11(16-18-12)10-6-19-4-3-17-10/h1-2,5,10H,3-4,6,14H2. The smallest absolute Gasteiger partial charge is 0.260 e. The minimum atomic E-state index is -0.107. The van der Waals surface area contributed by atoms with E-state index in [1.54, 1.807) is 18.2 Å². The van der Waals surface area contributed by atoms with Gasteiger partial charge < -0.3 is 15.0 Å². The SMILES string of the molecule is Nc1cc(Cl)ccc1-c1nc(C2CSCCO2)no1. The van der Waals surface area contributed by atoms with Gasteiger partial charge in [-0.05, 0) is 18.2 Å². The summed E-state index contributed by atoms with van der Waals surface area (Å²) in [5, 5.41) is 4.54. The number of benzene rings is 1. The molecule has 0 amide bonds. The Bertz CT molecular complexity index is 584. The van der Waals surface area contributed by atoms with Crippen LogP contribution in [0, 0.1) is 0 Å². The van der Waals surface area contributed by atoms with Crippen LogP contribution < -0.4 is 5.73 Å². The molecule has 1 aromatic carbocycles. The molecular weight excluding hydrogens is 286 g/mol. The van der Waals surface area contributed by atoms with Crippen LogP contribution in [-0.2, 0) is 4.74 Å². The summed E-state index contributed by atoms with van der Waals surface area (Å²) < 4.78 is 10.9. The maximum absolute atomic E-state index is 5.89. The lowest BCUT2D eigenvalue weighted by atomic mass is 10.2. The van der Waals surface area contributed by atoms with Gasteiger partial charge in [0.05, 0.1) is 12.2 Å². The first kappa shape index (κ1) is 12.8. The van der Waals surface area contributed by atoms with Crippen molar-refractivity contribution in [2.24, 2.45) is 0 Å². The van der Waals surface area contributed by atoms with Crippen LogP contribution in [0.25, 0.3) is 11.5 Å². The van der Waals surface area contributed by atoms with Crippen LogP contribution in [0.3, 0.4) is 0 Å². The lowest BCUT2D eigenvalue weighted by molar-refractivity contribution is 0.0677. The summed E-state index contributed by atoms with van der Waals surface area (Å²) in [6.45, 7) is 0.711. The first-order valence-corrected chi connectivity index (χ1v) is 7.35. The highest BCUT2D eigenvalue weighted by atomic mass is 35.5. The highest BCUT2D eigenvalue weighted by Crippen LogP contribution is 2.30. The van der Waals surface area contributed by atoms with Gasteiger partial charge in [0, 0.05) is 22.2 Å². The predicted molar refractivity (Wildman–Crippen MR) is 75.2 cm³/mol. The molecule has 0 radical (unpaired) electrons. The highest BCUT2D eigenvalue weighted by molar-refractivity contribution is 7.99.